The molecule has 0 atom stereocenters. The highest BCUT2D eigenvalue weighted by Crippen LogP contribution is 2.33. The molecule has 1 aliphatic rings. The van der Waals surface area contributed by atoms with Gasteiger partial charge in [-0.3, -0.25) is 0 Å². The van der Waals surface area contributed by atoms with E-state index in [0.717, 1.165) is 5.69 Å². The molecule has 3 rings (SSSR count). The van der Waals surface area contributed by atoms with Crippen molar-refractivity contribution in [2.45, 2.75) is 5.67 Å². The quantitative estimate of drug-likeness (QED) is 0.868. The summed E-state index contributed by atoms with van der Waals surface area (Å²) in [5.74, 6) is 0. The van der Waals surface area contributed by atoms with E-state index in [1.165, 1.54) is 0 Å². The largest absolute Gasteiger partial charge is 0.393 e. The Kier molecular flexibility index (Phi) is 2.24. The van der Waals surface area contributed by atoms with Gasteiger partial charge in [0.1, 0.15) is 0 Å². The fourth-order valence-corrected chi connectivity index (χ4v) is 2.20. The SMILES string of the molecule is OCC1(F)CN(c2cc(Cl)nn3ccnc23)C1. The second kappa shape index (κ2) is 3.54. The van der Waals surface area contributed by atoms with Crippen LogP contribution in [0, 0.1) is 0 Å². The Bertz CT molecular complexity index is 566. The molecule has 5 nitrogen and oxygen atoms in total. The molecule has 1 fully saturated rings. The van der Waals surface area contributed by atoms with E-state index in [1.54, 1.807) is 27.9 Å². The number of alkyl halides is 1. The van der Waals surface area contributed by atoms with Gasteiger partial charge in [-0.25, -0.2) is 13.9 Å². The standard InChI is InChI=1S/C10H10ClFN4O/c11-8-3-7(9-13-1-2-16(9)14-8)15-4-10(12,5-15)6-17/h1-3,17H,4-6H2. The summed E-state index contributed by atoms with van der Waals surface area (Å²) >= 11 is 5.88. The van der Waals surface area contributed by atoms with Gasteiger partial charge in [-0.2, -0.15) is 5.10 Å². The molecule has 0 unspecified atom stereocenters. The van der Waals surface area contributed by atoms with Crippen molar-refractivity contribution in [3.8, 4) is 0 Å². The summed E-state index contributed by atoms with van der Waals surface area (Å²) < 4.78 is 15.2. The minimum absolute atomic E-state index is 0.145. The number of nitrogens with zero attached hydrogens (tertiary/aromatic N) is 4. The van der Waals surface area contributed by atoms with E-state index >= 15 is 0 Å². The average Bonchev–Trinajstić information content (AvgIpc) is 2.71. The maximum atomic E-state index is 13.6. The second-order valence-electron chi connectivity index (χ2n) is 4.21. The summed E-state index contributed by atoms with van der Waals surface area (Å²) in [6, 6.07) is 1.65. The number of aliphatic hydroxyl groups excluding tert-OH is 1. The van der Waals surface area contributed by atoms with Gasteiger partial charge in [0, 0.05) is 18.5 Å². The van der Waals surface area contributed by atoms with Crippen molar-refractivity contribution < 1.29 is 9.50 Å². The van der Waals surface area contributed by atoms with Crippen molar-refractivity contribution in [1.29, 1.82) is 0 Å². The summed E-state index contributed by atoms with van der Waals surface area (Å²) in [4.78, 5) is 5.94. The van der Waals surface area contributed by atoms with E-state index in [0.29, 0.717) is 10.8 Å². The molecule has 1 aliphatic heterocycles. The molecule has 90 valence electrons. The minimum atomic E-state index is -1.51. The van der Waals surface area contributed by atoms with Gasteiger partial charge in [-0.05, 0) is 0 Å². The molecule has 0 bridgehead atoms. The van der Waals surface area contributed by atoms with Crippen LogP contribution in [-0.4, -0.2) is 45.1 Å². The van der Waals surface area contributed by atoms with Crippen LogP contribution in [0.25, 0.3) is 5.65 Å². The topological polar surface area (TPSA) is 53.7 Å². The third-order valence-corrected chi connectivity index (χ3v) is 3.07. The number of imidazole rings is 1. The van der Waals surface area contributed by atoms with Crippen LogP contribution in [0.15, 0.2) is 18.5 Å². The number of hydrogen-bond acceptors (Lipinski definition) is 4. The molecule has 0 saturated carbocycles. The summed E-state index contributed by atoms with van der Waals surface area (Å²) in [6.45, 7) is -0.175. The van der Waals surface area contributed by atoms with Gasteiger partial charge in [-0.15, -0.1) is 0 Å². The van der Waals surface area contributed by atoms with Crippen molar-refractivity contribution in [1.82, 2.24) is 14.6 Å². The zero-order valence-corrected chi connectivity index (χ0v) is 9.60. The molecule has 0 amide bonds. The van der Waals surface area contributed by atoms with Crippen LogP contribution >= 0.6 is 11.6 Å². The zero-order valence-electron chi connectivity index (χ0n) is 8.85. The van der Waals surface area contributed by atoms with Gasteiger partial charge in [0.2, 0.25) is 0 Å². The Hall–Kier alpha value is -1.40. The Labute approximate surface area is 101 Å². The van der Waals surface area contributed by atoms with Crippen molar-refractivity contribution in [3.63, 3.8) is 0 Å². The van der Waals surface area contributed by atoms with Crippen LogP contribution in [0.5, 0.6) is 0 Å². The fourth-order valence-electron chi connectivity index (χ4n) is 2.01. The zero-order chi connectivity index (χ0) is 12.0. The number of rotatable bonds is 2. The van der Waals surface area contributed by atoms with E-state index in [2.05, 4.69) is 10.1 Å². The first-order chi connectivity index (χ1) is 8.11. The highest BCUT2D eigenvalue weighted by molar-refractivity contribution is 6.29. The van der Waals surface area contributed by atoms with Crippen molar-refractivity contribution in [3.05, 3.63) is 23.6 Å². The summed E-state index contributed by atoms with van der Waals surface area (Å²) in [6.07, 6.45) is 3.29. The number of hydrogen-bond donors (Lipinski definition) is 1. The van der Waals surface area contributed by atoms with Gasteiger partial charge >= 0.3 is 0 Å². The predicted octanol–water partition coefficient (Wildman–Crippen LogP) is 0.903. The third kappa shape index (κ3) is 1.64. The van der Waals surface area contributed by atoms with Crippen LogP contribution in [-0.2, 0) is 0 Å². The Morgan fingerprint density at radius 2 is 2.29 bits per heavy atom. The van der Waals surface area contributed by atoms with Crippen LogP contribution in [0.1, 0.15) is 0 Å². The molecular formula is C10H10ClFN4O. The number of halogens is 2. The molecule has 7 heteroatoms. The van der Waals surface area contributed by atoms with Crippen molar-refractivity contribution in [2.75, 3.05) is 24.6 Å². The van der Waals surface area contributed by atoms with E-state index in [4.69, 9.17) is 16.7 Å². The fraction of sp³-hybridized carbons (Fsp3) is 0.400. The number of aromatic nitrogens is 3. The number of aliphatic hydroxyl groups is 1. The van der Waals surface area contributed by atoms with Gasteiger partial charge in [0.05, 0.1) is 25.4 Å². The number of fused-ring (bicyclic) bond motifs is 1. The maximum absolute atomic E-state index is 13.6. The first-order valence-electron chi connectivity index (χ1n) is 5.16. The Morgan fingerprint density at radius 3 is 3.00 bits per heavy atom. The number of anilines is 1. The normalized spacial score (nSPS) is 18.4. The monoisotopic (exact) mass is 256 g/mol. The van der Waals surface area contributed by atoms with Crippen LogP contribution in [0.2, 0.25) is 5.15 Å². The van der Waals surface area contributed by atoms with Gasteiger partial charge in [-0.1, -0.05) is 11.6 Å². The lowest BCUT2D eigenvalue weighted by molar-refractivity contribution is 0.0445. The maximum Gasteiger partial charge on any atom is 0.177 e. The molecule has 1 N–H and O–H groups in total. The molecular weight excluding hydrogens is 247 g/mol. The Balaban J connectivity index is 1.99. The smallest absolute Gasteiger partial charge is 0.177 e. The minimum Gasteiger partial charge on any atom is -0.393 e. The predicted molar refractivity (Wildman–Crippen MR) is 61.1 cm³/mol. The summed E-state index contributed by atoms with van der Waals surface area (Å²) in [5, 5.41) is 13.2. The molecule has 2 aromatic rings. The van der Waals surface area contributed by atoms with E-state index < -0.39 is 12.3 Å². The highest BCUT2D eigenvalue weighted by atomic mass is 35.5. The molecule has 17 heavy (non-hydrogen) atoms. The van der Waals surface area contributed by atoms with E-state index in [-0.39, 0.29) is 13.1 Å². The molecule has 3 heterocycles. The molecule has 2 aromatic heterocycles. The molecule has 0 aromatic carbocycles. The highest BCUT2D eigenvalue weighted by Gasteiger charge is 2.44. The Morgan fingerprint density at radius 1 is 1.53 bits per heavy atom. The summed E-state index contributed by atoms with van der Waals surface area (Å²) in [5.41, 5.74) is -0.148. The van der Waals surface area contributed by atoms with Crippen molar-refractivity contribution in [2.24, 2.45) is 0 Å². The molecule has 0 spiro atoms. The van der Waals surface area contributed by atoms with Crippen LogP contribution in [0.3, 0.4) is 0 Å². The summed E-state index contributed by atoms with van der Waals surface area (Å²) in [7, 11) is 0. The van der Waals surface area contributed by atoms with Crippen LogP contribution < -0.4 is 4.90 Å². The lowest BCUT2D eigenvalue weighted by Crippen LogP contribution is -2.61. The third-order valence-electron chi connectivity index (χ3n) is 2.88. The van der Waals surface area contributed by atoms with Gasteiger partial charge in [0.25, 0.3) is 0 Å². The lowest BCUT2D eigenvalue weighted by atomic mass is 9.97. The molecule has 0 aliphatic carbocycles. The van der Waals surface area contributed by atoms with Crippen LogP contribution in [0.4, 0.5) is 10.1 Å². The van der Waals surface area contributed by atoms with Gasteiger partial charge < -0.3 is 10.0 Å². The van der Waals surface area contributed by atoms with E-state index in [1.807, 2.05) is 0 Å². The first-order valence-corrected chi connectivity index (χ1v) is 5.54. The molecule has 1 saturated heterocycles. The lowest BCUT2D eigenvalue weighted by Gasteiger charge is -2.44. The second-order valence-corrected chi connectivity index (χ2v) is 4.60. The molecule has 0 radical (unpaired) electrons. The van der Waals surface area contributed by atoms with Crippen molar-refractivity contribution >= 4 is 22.9 Å². The van der Waals surface area contributed by atoms with E-state index in [9.17, 15) is 4.39 Å². The average molecular weight is 257 g/mol. The van der Waals surface area contributed by atoms with Gasteiger partial charge in [0.15, 0.2) is 16.5 Å². The first kappa shape index (κ1) is 10.7.